The first-order valence-electron chi connectivity index (χ1n) is 18.5. The number of fused-ring (bicyclic) bond motifs is 1. The standard InChI is InChI=1S/C42H42F2N8O2/c1-27-35(51-24-18-30(19-25-51)50-21-5-3-6-22-50)16-15-34(40(27)54-2)47-42-45-20-17-33(46-42)39-37(48-36-14-4-7-23-52(36)39)28-10-8-11-29(26-28)41(53)49-38-31(43)12-9-13-32(38)44/h4,7-17,20,23,26,30H,3,5-6,18-19,21-22,24-25H2,1-2H3,(H,49,53)(H,45,46,47). The molecule has 3 aromatic heterocycles. The van der Waals surface area contributed by atoms with Crippen molar-refractivity contribution in [2.24, 2.45) is 0 Å². The molecule has 10 nitrogen and oxygen atoms in total. The molecule has 5 heterocycles. The second-order valence-electron chi connectivity index (χ2n) is 13.9. The predicted octanol–water partition coefficient (Wildman–Crippen LogP) is 8.50. The number of piperidine rings is 2. The van der Waals surface area contributed by atoms with Gasteiger partial charge in [-0.25, -0.2) is 23.7 Å². The SMILES string of the molecule is COc1c(Nc2nccc(-c3c(-c4cccc(C(=O)Nc5c(F)cccc5F)c4)nc4ccccn34)n2)ccc(N2CCC(N3CCCCC3)CC2)c1C. The van der Waals surface area contributed by atoms with E-state index in [9.17, 15) is 13.6 Å². The Morgan fingerprint density at radius 3 is 2.43 bits per heavy atom. The van der Waals surface area contributed by atoms with Gasteiger partial charge in [0, 0.05) is 53.9 Å². The minimum Gasteiger partial charge on any atom is -0.494 e. The van der Waals surface area contributed by atoms with Crippen molar-refractivity contribution in [3.63, 3.8) is 0 Å². The zero-order chi connectivity index (χ0) is 37.2. The van der Waals surface area contributed by atoms with Crippen LogP contribution in [0.15, 0.2) is 91.3 Å². The number of pyridine rings is 1. The summed E-state index contributed by atoms with van der Waals surface area (Å²) in [6, 6.07) is 22.5. The molecule has 0 spiro atoms. The third-order valence-corrected chi connectivity index (χ3v) is 10.6. The van der Waals surface area contributed by atoms with Gasteiger partial charge in [-0.1, -0.05) is 30.7 Å². The number of para-hydroxylation sites is 1. The molecule has 2 aliphatic rings. The highest BCUT2D eigenvalue weighted by Crippen LogP contribution is 2.39. The van der Waals surface area contributed by atoms with Crippen molar-refractivity contribution < 1.29 is 18.3 Å². The van der Waals surface area contributed by atoms with E-state index >= 15 is 0 Å². The van der Waals surface area contributed by atoms with Crippen molar-refractivity contribution >= 4 is 34.6 Å². The van der Waals surface area contributed by atoms with Gasteiger partial charge in [-0.15, -0.1) is 0 Å². The van der Waals surface area contributed by atoms with Crippen LogP contribution in [0.1, 0.15) is 48.0 Å². The number of rotatable bonds is 9. The maximum atomic E-state index is 14.3. The number of ether oxygens (including phenoxy) is 1. The third kappa shape index (κ3) is 6.96. The highest BCUT2D eigenvalue weighted by atomic mass is 19.1. The van der Waals surface area contributed by atoms with E-state index in [1.165, 1.54) is 56.9 Å². The number of halogens is 2. The van der Waals surface area contributed by atoms with Crippen LogP contribution in [-0.4, -0.2) is 69.5 Å². The van der Waals surface area contributed by atoms with Gasteiger partial charge >= 0.3 is 0 Å². The minimum absolute atomic E-state index is 0.209. The summed E-state index contributed by atoms with van der Waals surface area (Å²) >= 11 is 0. The van der Waals surface area contributed by atoms with Crippen LogP contribution >= 0.6 is 0 Å². The monoisotopic (exact) mass is 728 g/mol. The smallest absolute Gasteiger partial charge is 0.255 e. The molecule has 0 radical (unpaired) electrons. The van der Waals surface area contributed by atoms with E-state index in [4.69, 9.17) is 14.7 Å². The lowest BCUT2D eigenvalue weighted by molar-refractivity contribution is 0.102. The Hall–Kier alpha value is -5.88. The number of nitrogens with one attached hydrogen (secondary N) is 2. The van der Waals surface area contributed by atoms with E-state index in [-0.39, 0.29) is 5.56 Å². The van der Waals surface area contributed by atoms with Crippen molar-refractivity contribution in [2.45, 2.75) is 45.1 Å². The molecule has 0 bridgehead atoms. The highest BCUT2D eigenvalue weighted by molar-refractivity contribution is 6.05. The number of benzene rings is 3. The van der Waals surface area contributed by atoms with Crippen LogP contribution in [-0.2, 0) is 0 Å². The first-order valence-corrected chi connectivity index (χ1v) is 18.5. The molecule has 12 heteroatoms. The van der Waals surface area contributed by atoms with E-state index in [1.54, 1.807) is 31.5 Å². The fourth-order valence-corrected chi connectivity index (χ4v) is 7.86. The number of amides is 1. The molecular formula is C42H42F2N8O2. The average Bonchev–Trinajstić information content (AvgIpc) is 3.60. The summed E-state index contributed by atoms with van der Waals surface area (Å²) in [5, 5.41) is 5.76. The summed E-state index contributed by atoms with van der Waals surface area (Å²) in [4.78, 5) is 32.8. The Kier molecular flexibility index (Phi) is 9.92. The summed E-state index contributed by atoms with van der Waals surface area (Å²) in [7, 11) is 1.68. The summed E-state index contributed by atoms with van der Waals surface area (Å²) in [6.45, 7) is 6.59. The molecule has 6 aromatic rings. The maximum absolute atomic E-state index is 14.3. The Morgan fingerprint density at radius 2 is 1.65 bits per heavy atom. The lowest BCUT2D eigenvalue weighted by Gasteiger charge is -2.41. The number of methoxy groups -OCH3 is 1. The molecule has 0 saturated carbocycles. The Morgan fingerprint density at radius 1 is 0.870 bits per heavy atom. The van der Waals surface area contributed by atoms with E-state index in [0.717, 1.165) is 42.2 Å². The predicted molar refractivity (Wildman–Crippen MR) is 208 cm³/mol. The van der Waals surface area contributed by atoms with E-state index in [0.29, 0.717) is 40.3 Å². The van der Waals surface area contributed by atoms with Crippen LogP contribution in [0.3, 0.4) is 0 Å². The summed E-state index contributed by atoms with van der Waals surface area (Å²) in [5.41, 5.74) is 5.82. The molecule has 8 rings (SSSR count). The van der Waals surface area contributed by atoms with Crippen molar-refractivity contribution in [1.29, 1.82) is 0 Å². The topological polar surface area (TPSA) is 99.9 Å². The minimum atomic E-state index is -0.859. The number of carbonyl (C=O) groups excluding carboxylic acids is 1. The molecule has 0 aliphatic carbocycles. The number of hydrogen-bond donors (Lipinski definition) is 2. The van der Waals surface area contributed by atoms with E-state index in [1.807, 2.05) is 47.0 Å². The lowest BCUT2D eigenvalue weighted by atomic mass is 9.98. The molecule has 276 valence electrons. The molecule has 0 unspecified atom stereocenters. The molecule has 2 N–H and O–H groups in total. The largest absolute Gasteiger partial charge is 0.494 e. The van der Waals surface area contributed by atoms with Crippen molar-refractivity contribution in [3.05, 3.63) is 114 Å². The fourth-order valence-electron chi connectivity index (χ4n) is 7.86. The average molecular weight is 729 g/mol. The quantitative estimate of drug-likeness (QED) is 0.153. The number of anilines is 4. The Bertz CT molecular complexity index is 2290. The van der Waals surface area contributed by atoms with Crippen molar-refractivity contribution in [2.75, 3.05) is 48.8 Å². The number of nitrogens with zero attached hydrogens (tertiary/aromatic N) is 6. The molecule has 1 amide bonds. The van der Waals surface area contributed by atoms with E-state index in [2.05, 4.69) is 38.4 Å². The summed E-state index contributed by atoms with van der Waals surface area (Å²) in [5.74, 6) is -1.26. The van der Waals surface area contributed by atoms with Gasteiger partial charge in [0.2, 0.25) is 5.95 Å². The van der Waals surface area contributed by atoms with Gasteiger partial charge in [-0.2, -0.15) is 0 Å². The molecule has 0 atom stereocenters. The zero-order valence-corrected chi connectivity index (χ0v) is 30.4. The van der Waals surface area contributed by atoms with Crippen molar-refractivity contribution in [1.82, 2.24) is 24.3 Å². The number of aromatic nitrogens is 4. The first-order chi connectivity index (χ1) is 26.4. The third-order valence-electron chi connectivity index (χ3n) is 10.6. The Balaban J connectivity index is 1.06. The number of carbonyl (C=O) groups is 1. The van der Waals surface area contributed by atoms with Gasteiger partial charge in [-0.05, 0) is 100 Å². The van der Waals surface area contributed by atoms with E-state index < -0.39 is 23.2 Å². The summed E-state index contributed by atoms with van der Waals surface area (Å²) in [6.07, 6.45) is 9.90. The number of imidazole rings is 1. The zero-order valence-electron chi connectivity index (χ0n) is 30.4. The van der Waals surface area contributed by atoms with Crippen LogP contribution in [0.2, 0.25) is 0 Å². The van der Waals surface area contributed by atoms with Crippen LogP contribution in [0.5, 0.6) is 5.75 Å². The second kappa shape index (κ2) is 15.2. The number of likely N-dealkylation sites (tertiary alicyclic amines) is 1. The lowest BCUT2D eigenvalue weighted by Crippen LogP contribution is -2.46. The van der Waals surface area contributed by atoms with Crippen molar-refractivity contribution in [3.8, 4) is 28.4 Å². The van der Waals surface area contributed by atoms with Gasteiger partial charge in [-0.3, -0.25) is 9.20 Å². The molecule has 2 saturated heterocycles. The molecule has 2 fully saturated rings. The van der Waals surface area contributed by atoms with Gasteiger partial charge in [0.15, 0.2) is 0 Å². The van der Waals surface area contributed by atoms with Gasteiger partial charge in [0.25, 0.3) is 5.91 Å². The van der Waals surface area contributed by atoms with Gasteiger partial charge in [0.05, 0.1) is 29.9 Å². The molecule has 54 heavy (non-hydrogen) atoms. The normalized spacial score (nSPS) is 15.4. The number of hydrogen-bond acceptors (Lipinski definition) is 8. The molecule has 3 aromatic carbocycles. The van der Waals surface area contributed by atoms with Crippen LogP contribution < -0.4 is 20.3 Å². The van der Waals surface area contributed by atoms with Crippen LogP contribution in [0.25, 0.3) is 28.3 Å². The first kappa shape index (κ1) is 35.2. The van der Waals surface area contributed by atoms with Gasteiger partial charge < -0.3 is 25.2 Å². The molecule has 2 aliphatic heterocycles. The van der Waals surface area contributed by atoms with Crippen LogP contribution in [0.4, 0.5) is 31.8 Å². The maximum Gasteiger partial charge on any atom is 0.255 e. The Labute approximate surface area is 312 Å². The summed E-state index contributed by atoms with van der Waals surface area (Å²) < 4.78 is 36.6. The highest BCUT2D eigenvalue weighted by Gasteiger charge is 2.27. The van der Waals surface area contributed by atoms with Gasteiger partial charge in [0.1, 0.15) is 28.7 Å². The molecular weight excluding hydrogens is 687 g/mol. The second-order valence-corrected chi connectivity index (χ2v) is 13.9. The van der Waals surface area contributed by atoms with Crippen LogP contribution in [0, 0.1) is 18.6 Å². The fraction of sp³-hybridized carbons (Fsp3) is 0.286.